The third kappa shape index (κ3) is 3.67. The van der Waals surface area contributed by atoms with Crippen LogP contribution in [0.1, 0.15) is 12.0 Å². The Labute approximate surface area is 146 Å². The highest BCUT2D eigenvalue weighted by atomic mass is 32.2. The normalized spacial score (nSPS) is 16.6. The zero-order chi connectivity index (χ0) is 17.1. The quantitative estimate of drug-likeness (QED) is 0.889. The Balaban J connectivity index is 1.60. The summed E-state index contributed by atoms with van der Waals surface area (Å²) in [6.07, 6.45) is 2.75. The molecule has 7 heteroatoms. The van der Waals surface area contributed by atoms with E-state index in [-0.39, 0.29) is 5.91 Å². The van der Waals surface area contributed by atoms with Crippen molar-refractivity contribution in [2.75, 3.05) is 43.1 Å². The van der Waals surface area contributed by atoms with Crippen molar-refractivity contribution in [3.63, 3.8) is 0 Å². The minimum atomic E-state index is -0.392. The molecule has 0 saturated carbocycles. The fraction of sp³-hybridized carbons (Fsp3) is 0.529. The summed E-state index contributed by atoms with van der Waals surface area (Å²) in [5, 5.41) is 0. The van der Waals surface area contributed by atoms with Crippen LogP contribution in [0.5, 0.6) is 0 Å². The number of amides is 1. The molecule has 6 nitrogen and oxygen atoms in total. The summed E-state index contributed by atoms with van der Waals surface area (Å²) >= 11 is 1.71. The molecule has 1 aliphatic rings. The topological polar surface area (TPSA) is 75.6 Å². The van der Waals surface area contributed by atoms with Gasteiger partial charge in [0, 0.05) is 26.2 Å². The van der Waals surface area contributed by atoms with E-state index in [2.05, 4.69) is 9.88 Å². The van der Waals surface area contributed by atoms with Crippen molar-refractivity contribution < 1.29 is 9.21 Å². The first-order valence-corrected chi connectivity index (χ1v) is 9.63. The molecular formula is C17H24N4O2S. The fourth-order valence-electron chi connectivity index (χ4n) is 2.88. The Kier molecular flexibility index (Phi) is 5.30. The third-order valence-electron chi connectivity index (χ3n) is 4.34. The first-order chi connectivity index (χ1) is 11.6. The molecular weight excluding hydrogens is 324 g/mol. The summed E-state index contributed by atoms with van der Waals surface area (Å²) in [5.74, 6) is 0.965. The average molecular weight is 348 g/mol. The number of hydrogen-bond donors (Lipinski definition) is 1. The number of nitrogens with zero attached hydrogens (tertiary/aromatic N) is 3. The molecule has 1 aliphatic heterocycles. The summed E-state index contributed by atoms with van der Waals surface area (Å²) in [4.78, 5) is 20.9. The summed E-state index contributed by atoms with van der Waals surface area (Å²) < 4.78 is 5.84. The molecule has 2 heterocycles. The number of benzene rings is 1. The van der Waals surface area contributed by atoms with Gasteiger partial charge in [-0.25, -0.2) is 0 Å². The van der Waals surface area contributed by atoms with Gasteiger partial charge in [0.1, 0.15) is 5.52 Å². The van der Waals surface area contributed by atoms with E-state index in [4.69, 9.17) is 10.2 Å². The van der Waals surface area contributed by atoms with Crippen LogP contribution in [-0.2, 0) is 4.79 Å². The predicted molar refractivity (Wildman–Crippen MR) is 98.5 cm³/mol. The number of rotatable bonds is 5. The number of oxazole rings is 1. The van der Waals surface area contributed by atoms with Crippen LogP contribution in [0, 0.1) is 6.92 Å². The Morgan fingerprint density at radius 1 is 1.38 bits per heavy atom. The number of thioether (sulfide) groups is 1. The molecule has 1 fully saturated rings. The van der Waals surface area contributed by atoms with E-state index in [0.717, 1.165) is 28.8 Å². The lowest BCUT2D eigenvalue weighted by atomic mass is 10.2. The molecule has 24 heavy (non-hydrogen) atoms. The Bertz CT molecular complexity index is 710. The number of nitrogens with two attached hydrogens (primary N) is 1. The highest BCUT2D eigenvalue weighted by molar-refractivity contribution is 7.98. The van der Waals surface area contributed by atoms with Gasteiger partial charge in [-0.3, -0.25) is 4.79 Å². The van der Waals surface area contributed by atoms with Crippen molar-refractivity contribution in [2.45, 2.75) is 19.4 Å². The Morgan fingerprint density at radius 2 is 2.12 bits per heavy atom. The monoisotopic (exact) mass is 348 g/mol. The molecule has 0 unspecified atom stereocenters. The highest BCUT2D eigenvalue weighted by Gasteiger charge is 2.26. The summed E-state index contributed by atoms with van der Waals surface area (Å²) in [6.45, 7) is 4.78. The molecule has 1 aromatic heterocycles. The van der Waals surface area contributed by atoms with Crippen LogP contribution in [0.15, 0.2) is 22.6 Å². The molecule has 3 rings (SSSR count). The smallest absolute Gasteiger partial charge is 0.298 e. The number of hydrogen-bond acceptors (Lipinski definition) is 6. The van der Waals surface area contributed by atoms with Gasteiger partial charge >= 0.3 is 0 Å². The minimum absolute atomic E-state index is 0.0527. The maximum atomic E-state index is 12.4. The van der Waals surface area contributed by atoms with Crippen LogP contribution in [0.25, 0.3) is 11.1 Å². The van der Waals surface area contributed by atoms with E-state index in [1.807, 2.05) is 36.3 Å². The zero-order valence-corrected chi connectivity index (χ0v) is 15.0. The second kappa shape index (κ2) is 7.44. The number of anilines is 1. The standard InChI is InChI=1S/C17H24N4O2S/c1-12-3-4-15-14(11-12)19-17(23-15)21-8-6-20(7-9-21)16(22)13(18)5-10-24-2/h3-4,11,13H,5-10,18H2,1-2H3/t13-/m0/s1. The minimum Gasteiger partial charge on any atom is -0.423 e. The van der Waals surface area contributed by atoms with Crippen LogP contribution in [0.3, 0.4) is 0 Å². The van der Waals surface area contributed by atoms with Crippen molar-refractivity contribution in [1.29, 1.82) is 0 Å². The van der Waals surface area contributed by atoms with E-state index >= 15 is 0 Å². The molecule has 0 aliphatic carbocycles. The van der Waals surface area contributed by atoms with E-state index in [1.165, 1.54) is 0 Å². The third-order valence-corrected chi connectivity index (χ3v) is 4.99. The van der Waals surface area contributed by atoms with E-state index in [1.54, 1.807) is 11.8 Å². The van der Waals surface area contributed by atoms with Crippen LogP contribution in [-0.4, -0.2) is 60.0 Å². The fourth-order valence-corrected chi connectivity index (χ4v) is 3.37. The van der Waals surface area contributed by atoms with E-state index in [9.17, 15) is 4.79 Å². The first kappa shape index (κ1) is 17.1. The Hall–Kier alpha value is -1.73. The average Bonchev–Trinajstić information content (AvgIpc) is 3.02. The van der Waals surface area contributed by atoms with Crippen molar-refractivity contribution in [3.8, 4) is 0 Å². The van der Waals surface area contributed by atoms with Crippen LogP contribution >= 0.6 is 11.8 Å². The van der Waals surface area contributed by atoms with Crippen LogP contribution < -0.4 is 10.6 Å². The lowest BCUT2D eigenvalue weighted by Crippen LogP contribution is -2.53. The number of carbonyl (C=O) groups is 1. The molecule has 0 bridgehead atoms. The summed E-state index contributed by atoms with van der Waals surface area (Å²) in [7, 11) is 0. The van der Waals surface area contributed by atoms with Gasteiger partial charge in [0.05, 0.1) is 6.04 Å². The van der Waals surface area contributed by atoms with Gasteiger partial charge in [-0.1, -0.05) is 6.07 Å². The highest BCUT2D eigenvalue weighted by Crippen LogP contribution is 2.23. The van der Waals surface area contributed by atoms with Crippen molar-refractivity contribution in [1.82, 2.24) is 9.88 Å². The lowest BCUT2D eigenvalue weighted by molar-refractivity contribution is -0.132. The van der Waals surface area contributed by atoms with Crippen molar-refractivity contribution in [2.24, 2.45) is 5.73 Å². The van der Waals surface area contributed by atoms with Gasteiger partial charge in [0.25, 0.3) is 6.01 Å². The second-order valence-electron chi connectivity index (χ2n) is 6.17. The maximum Gasteiger partial charge on any atom is 0.298 e. The summed E-state index contributed by atoms with van der Waals surface area (Å²) in [5.41, 5.74) is 8.84. The molecule has 1 atom stereocenters. The molecule has 1 aromatic carbocycles. The van der Waals surface area contributed by atoms with Gasteiger partial charge in [-0.2, -0.15) is 16.7 Å². The maximum absolute atomic E-state index is 12.4. The van der Waals surface area contributed by atoms with Crippen molar-refractivity contribution >= 4 is 34.8 Å². The number of piperazine rings is 1. The van der Waals surface area contributed by atoms with E-state index < -0.39 is 6.04 Å². The van der Waals surface area contributed by atoms with Gasteiger partial charge < -0.3 is 20.0 Å². The number of fused-ring (bicyclic) bond motifs is 1. The molecule has 1 saturated heterocycles. The lowest BCUT2D eigenvalue weighted by Gasteiger charge is -2.35. The SMILES string of the molecule is CSCC[C@H](N)C(=O)N1CCN(c2nc3cc(C)ccc3o2)CC1. The number of aryl methyl sites for hydroxylation is 1. The molecule has 2 aromatic rings. The molecule has 0 spiro atoms. The molecule has 0 radical (unpaired) electrons. The van der Waals surface area contributed by atoms with Crippen molar-refractivity contribution in [3.05, 3.63) is 23.8 Å². The van der Waals surface area contributed by atoms with Crippen LogP contribution in [0.2, 0.25) is 0 Å². The van der Waals surface area contributed by atoms with Gasteiger partial charge in [-0.05, 0) is 43.0 Å². The first-order valence-electron chi connectivity index (χ1n) is 8.24. The van der Waals surface area contributed by atoms with Crippen LogP contribution in [0.4, 0.5) is 6.01 Å². The van der Waals surface area contributed by atoms with Gasteiger partial charge in [-0.15, -0.1) is 0 Å². The molecule has 1 amide bonds. The summed E-state index contributed by atoms with van der Waals surface area (Å²) in [6, 6.07) is 6.23. The second-order valence-corrected chi connectivity index (χ2v) is 7.15. The number of aromatic nitrogens is 1. The Morgan fingerprint density at radius 3 is 2.83 bits per heavy atom. The van der Waals surface area contributed by atoms with E-state index in [0.29, 0.717) is 32.2 Å². The zero-order valence-electron chi connectivity index (χ0n) is 14.2. The largest absolute Gasteiger partial charge is 0.423 e. The predicted octanol–water partition coefficient (Wildman–Crippen LogP) is 1.87. The van der Waals surface area contributed by atoms with Gasteiger partial charge in [0.15, 0.2) is 5.58 Å². The number of carbonyl (C=O) groups excluding carboxylic acids is 1. The molecule has 2 N–H and O–H groups in total. The van der Waals surface area contributed by atoms with Gasteiger partial charge in [0.2, 0.25) is 5.91 Å². The molecule has 130 valence electrons.